The topological polar surface area (TPSA) is 76.4 Å². The molecule has 0 atom stereocenters. The number of aryl methyl sites for hydroxylation is 2. The summed E-state index contributed by atoms with van der Waals surface area (Å²) in [6, 6.07) is 15.9. The van der Waals surface area contributed by atoms with Crippen molar-refractivity contribution in [3.8, 4) is 11.3 Å². The molecule has 1 aliphatic rings. The van der Waals surface area contributed by atoms with Crippen molar-refractivity contribution in [3.05, 3.63) is 70.6 Å². The van der Waals surface area contributed by atoms with E-state index in [1.165, 1.54) is 35.3 Å². The largest absolute Gasteiger partial charge is 0.294 e. The summed E-state index contributed by atoms with van der Waals surface area (Å²) in [6.07, 6.45) is 4.79. The zero-order valence-electron chi connectivity index (χ0n) is 17.0. The molecule has 6 nitrogen and oxygen atoms in total. The van der Waals surface area contributed by atoms with Gasteiger partial charge in [-0.25, -0.2) is 4.52 Å². The van der Waals surface area contributed by atoms with Crippen LogP contribution >= 0.6 is 11.3 Å². The Hall–Kier alpha value is -3.32. The molecule has 2 aromatic heterocycles. The molecule has 0 saturated carbocycles. The number of Topliss-reactive ketones (excluding diaryl/α,β-unsaturated/α-hetero) is 1. The molecule has 0 spiro atoms. The van der Waals surface area contributed by atoms with Crippen LogP contribution in [0.4, 0.5) is 5.95 Å². The van der Waals surface area contributed by atoms with Gasteiger partial charge in [0, 0.05) is 29.3 Å². The maximum atomic E-state index is 12.6. The maximum Gasteiger partial charge on any atom is 0.250 e. The van der Waals surface area contributed by atoms with Gasteiger partial charge in [-0.15, -0.1) is 16.4 Å². The molecule has 0 bridgehead atoms. The average molecular weight is 431 g/mol. The summed E-state index contributed by atoms with van der Waals surface area (Å²) in [4.78, 5) is 30.1. The molecule has 1 N–H and O–H groups in total. The lowest BCUT2D eigenvalue weighted by atomic mass is 9.89. The van der Waals surface area contributed by atoms with Gasteiger partial charge in [0.1, 0.15) is 0 Å². The number of anilines is 1. The average Bonchev–Trinajstić information content (AvgIpc) is 3.38. The number of fused-ring (bicyclic) bond motifs is 2. The second kappa shape index (κ2) is 8.43. The van der Waals surface area contributed by atoms with Crippen molar-refractivity contribution < 1.29 is 9.59 Å². The van der Waals surface area contributed by atoms with E-state index >= 15 is 0 Å². The van der Waals surface area contributed by atoms with E-state index in [9.17, 15) is 9.59 Å². The number of nitrogens with zero attached hydrogens (tertiary/aromatic N) is 3. The second-order valence-corrected chi connectivity index (χ2v) is 8.62. The molecule has 156 valence electrons. The summed E-state index contributed by atoms with van der Waals surface area (Å²) in [7, 11) is 0. The zero-order chi connectivity index (χ0) is 21.2. The van der Waals surface area contributed by atoms with Gasteiger partial charge in [0.15, 0.2) is 5.78 Å². The Balaban J connectivity index is 1.22. The summed E-state index contributed by atoms with van der Waals surface area (Å²) in [5.41, 5.74) is 5.28. The van der Waals surface area contributed by atoms with E-state index in [1.807, 2.05) is 47.8 Å². The van der Waals surface area contributed by atoms with Gasteiger partial charge in [0.2, 0.25) is 16.8 Å². The molecule has 2 heterocycles. The van der Waals surface area contributed by atoms with Crippen LogP contribution in [-0.2, 0) is 17.6 Å². The predicted octanol–water partition coefficient (Wildman–Crippen LogP) is 4.94. The van der Waals surface area contributed by atoms with Gasteiger partial charge >= 0.3 is 0 Å². The fraction of sp³-hybridized carbons (Fsp3) is 0.250. The summed E-state index contributed by atoms with van der Waals surface area (Å²) >= 11 is 1.47. The molecule has 0 saturated heterocycles. The fourth-order valence-corrected chi connectivity index (χ4v) is 4.84. The van der Waals surface area contributed by atoms with E-state index in [-0.39, 0.29) is 30.5 Å². The van der Waals surface area contributed by atoms with E-state index in [0.29, 0.717) is 10.5 Å². The van der Waals surface area contributed by atoms with Crippen LogP contribution in [0.3, 0.4) is 0 Å². The highest BCUT2D eigenvalue weighted by atomic mass is 32.1. The lowest BCUT2D eigenvalue weighted by Crippen LogP contribution is -2.15. The summed E-state index contributed by atoms with van der Waals surface area (Å²) < 4.78 is 1.73. The Morgan fingerprint density at radius 2 is 1.81 bits per heavy atom. The van der Waals surface area contributed by atoms with E-state index in [1.54, 1.807) is 4.52 Å². The van der Waals surface area contributed by atoms with Crippen molar-refractivity contribution in [3.63, 3.8) is 0 Å². The highest BCUT2D eigenvalue weighted by molar-refractivity contribution is 7.15. The number of hydrogen-bond acceptors (Lipinski definition) is 5. The van der Waals surface area contributed by atoms with Gasteiger partial charge in [-0.2, -0.15) is 4.98 Å². The molecular weight excluding hydrogens is 408 g/mol. The quantitative estimate of drug-likeness (QED) is 0.440. The SMILES string of the molecule is O=C(CCC(=O)c1ccc2c(c1)CCCC2)Nc1nc2scc(-c3ccccc3)n2n1. The molecule has 31 heavy (non-hydrogen) atoms. The molecule has 1 amide bonds. The monoisotopic (exact) mass is 430 g/mol. The smallest absolute Gasteiger partial charge is 0.250 e. The highest BCUT2D eigenvalue weighted by Crippen LogP contribution is 2.26. The van der Waals surface area contributed by atoms with Gasteiger partial charge in [0.25, 0.3) is 0 Å². The van der Waals surface area contributed by atoms with Crippen LogP contribution in [0.15, 0.2) is 53.9 Å². The lowest BCUT2D eigenvalue weighted by molar-refractivity contribution is -0.116. The number of ketones is 1. The Morgan fingerprint density at radius 3 is 2.65 bits per heavy atom. The van der Waals surface area contributed by atoms with Crippen LogP contribution < -0.4 is 5.32 Å². The predicted molar refractivity (Wildman–Crippen MR) is 122 cm³/mol. The molecule has 0 unspecified atom stereocenters. The molecule has 1 aliphatic carbocycles. The number of thiazole rings is 1. The first-order valence-corrected chi connectivity index (χ1v) is 11.4. The van der Waals surface area contributed by atoms with E-state index in [0.717, 1.165) is 24.1 Å². The van der Waals surface area contributed by atoms with E-state index in [4.69, 9.17) is 0 Å². The molecule has 7 heteroatoms. The minimum absolute atomic E-state index is 0.00586. The number of hydrogen-bond donors (Lipinski definition) is 1. The second-order valence-electron chi connectivity index (χ2n) is 7.78. The molecular formula is C24H22N4O2S. The van der Waals surface area contributed by atoms with Crippen LogP contribution in [-0.4, -0.2) is 26.3 Å². The van der Waals surface area contributed by atoms with Crippen molar-refractivity contribution in [2.24, 2.45) is 0 Å². The first kappa shape index (κ1) is 19.6. The molecule has 0 aliphatic heterocycles. The molecule has 2 aromatic carbocycles. The first-order chi connectivity index (χ1) is 15.2. The van der Waals surface area contributed by atoms with Crippen LogP contribution in [0, 0.1) is 0 Å². The van der Waals surface area contributed by atoms with E-state index in [2.05, 4.69) is 21.5 Å². The van der Waals surface area contributed by atoms with Gasteiger partial charge < -0.3 is 0 Å². The zero-order valence-corrected chi connectivity index (χ0v) is 17.8. The third-order valence-corrected chi connectivity index (χ3v) is 6.47. The van der Waals surface area contributed by atoms with Crippen LogP contribution in [0.25, 0.3) is 16.2 Å². The van der Waals surface area contributed by atoms with Crippen molar-refractivity contribution in [2.75, 3.05) is 5.32 Å². The van der Waals surface area contributed by atoms with Crippen molar-refractivity contribution in [1.82, 2.24) is 14.6 Å². The maximum absolute atomic E-state index is 12.6. The summed E-state index contributed by atoms with van der Waals surface area (Å²) in [6.45, 7) is 0. The Morgan fingerprint density at radius 1 is 1.00 bits per heavy atom. The van der Waals surface area contributed by atoms with Gasteiger partial charge in [-0.05, 0) is 42.9 Å². The number of rotatable bonds is 6. The number of nitrogens with one attached hydrogen (secondary N) is 1. The van der Waals surface area contributed by atoms with Gasteiger partial charge in [-0.3, -0.25) is 14.9 Å². The number of aromatic nitrogens is 3. The molecule has 5 rings (SSSR count). The number of carbonyl (C=O) groups is 2. The highest BCUT2D eigenvalue weighted by Gasteiger charge is 2.16. The summed E-state index contributed by atoms with van der Waals surface area (Å²) in [5, 5.41) is 9.14. The number of amides is 1. The third kappa shape index (κ3) is 4.14. The van der Waals surface area contributed by atoms with Gasteiger partial charge in [0.05, 0.1) is 5.69 Å². The minimum atomic E-state index is -0.258. The molecule has 0 fully saturated rings. The van der Waals surface area contributed by atoms with Crippen molar-refractivity contribution in [1.29, 1.82) is 0 Å². The number of benzene rings is 2. The number of carbonyl (C=O) groups excluding carboxylic acids is 2. The fourth-order valence-electron chi connectivity index (χ4n) is 4.01. The molecule has 4 aromatic rings. The van der Waals surface area contributed by atoms with Crippen LogP contribution in [0.5, 0.6) is 0 Å². The van der Waals surface area contributed by atoms with Crippen LogP contribution in [0.1, 0.15) is 47.2 Å². The van der Waals surface area contributed by atoms with Crippen molar-refractivity contribution in [2.45, 2.75) is 38.5 Å². The summed E-state index contributed by atoms with van der Waals surface area (Å²) in [5.74, 6) is -0.00486. The lowest BCUT2D eigenvalue weighted by Gasteiger charge is -2.16. The Labute approximate surface area is 183 Å². The van der Waals surface area contributed by atoms with Crippen LogP contribution in [0.2, 0.25) is 0 Å². The Kier molecular flexibility index (Phi) is 5.34. The Bertz CT molecular complexity index is 1260. The minimum Gasteiger partial charge on any atom is -0.294 e. The van der Waals surface area contributed by atoms with Gasteiger partial charge in [-0.1, -0.05) is 42.5 Å². The third-order valence-electron chi connectivity index (χ3n) is 5.65. The first-order valence-electron chi connectivity index (χ1n) is 10.5. The normalized spacial score (nSPS) is 13.2. The standard InChI is InChI=1S/C24H22N4O2S/c29-21(19-11-10-16-6-4-5-9-18(16)14-19)12-13-22(30)25-23-26-24-28(27-23)20(15-31-24)17-7-2-1-3-8-17/h1-3,7-8,10-11,14-15H,4-6,9,12-13H2,(H,25,27,30). The van der Waals surface area contributed by atoms with E-state index < -0.39 is 0 Å². The van der Waals surface area contributed by atoms with Crippen molar-refractivity contribution >= 4 is 33.9 Å². The molecule has 0 radical (unpaired) electrons.